The highest BCUT2D eigenvalue weighted by Gasteiger charge is 2.19. The van der Waals surface area contributed by atoms with E-state index in [0.717, 1.165) is 103 Å². The predicted octanol–water partition coefficient (Wildman–Crippen LogP) is 24.8. The first-order valence-corrected chi connectivity index (χ1v) is 35.7. The van der Waals surface area contributed by atoms with Gasteiger partial charge in [-0.2, -0.15) is 0 Å². The Labute approximate surface area is 515 Å². The molecule has 1 unspecified atom stereocenters. The van der Waals surface area contributed by atoms with E-state index in [9.17, 15) is 14.4 Å². The molecule has 0 aromatic rings. The molecule has 6 nitrogen and oxygen atoms in total. The highest BCUT2D eigenvalue weighted by Crippen LogP contribution is 2.17. The molecule has 6 heteroatoms. The quantitative estimate of drug-likeness (QED) is 0.0261. The fourth-order valence-electron chi connectivity index (χ4n) is 10.2. The molecular weight excluding hydrogens is 1020 g/mol. The Kier molecular flexibility index (Phi) is 67.7. The molecular formula is C77H134O6. The van der Waals surface area contributed by atoms with Crippen LogP contribution < -0.4 is 0 Å². The van der Waals surface area contributed by atoms with Gasteiger partial charge in [-0.3, -0.25) is 14.4 Å². The maximum absolute atomic E-state index is 13.0. The van der Waals surface area contributed by atoms with E-state index in [4.69, 9.17) is 14.2 Å². The van der Waals surface area contributed by atoms with Crippen LogP contribution in [0.5, 0.6) is 0 Å². The summed E-state index contributed by atoms with van der Waals surface area (Å²) >= 11 is 0. The van der Waals surface area contributed by atoms with Gasteiger partial charge in [0.2, 0.25) is 0 Å². The normalized spacial score (nSPS) is 12.7. The van der Waals surface area contributed by atoms with Crippen LogP contribution in [0.2, 0.25) is 0 Å². The number of esters is 3. The van der Waals surface area contributed by atoms with E-state index in [0.29, 0.717) is 19.3 Å². The zero-order chi connectivity index (χ0) is 59.9. The van der Waals surface area contributed by atoms with Gasteiger partial charge < -0.3 is 14.2 Å². The molecule has 0 radical (unpaired) electrons. The zero-order valence-electron chi connectivity index (χ0n) is 54.9. The molecule has 0 amide bonds. The minimum atomic E-state index is -0.787. The molecule has 0 aromatic carbocycles. The molecule has 478 valence electrons. The molecule has 0 saturated heterocycles. The van der Waals surface area contributed by atoms with Crippen molar-refractivity contribution in [3.63, 3.8) is 0 Å². The molecule has 0 rings (SSSR count). The summed E-state index contributed by atoms with van der Waals surface area (Å²) < 4.78 is 17.0. The van der Waals surface area contributed by atoms with Crippen molar-refractivity contribution in [3.8, 4) is 0 Å². The van der Waals surface area contributed by atoms with Crippen LogP contribution >= 0.6 is 0 Å². The average Bonchev–Trinajstić information content (AvgIpc) is 3.49. The minimum absolute atomic E-state index is 0.0810. The third-order valence-electron chi connectivity index (χ3n) is 15.5. The lowest BCUT2D eigenvalue weighted by atomic mass is 10.0. The fourth-order valence-corrected chi connectivity index (χ4v) is 10.2. The van der Waals surface area contributed by atoms with Gasteiger partial charge in [0.05, 0.1) is 0 Å². The van der Waals surface area contributed by atoms with Crippen molar-refractivity contribution in [2.24, 2.45) is 0 Å². The SMILES string of the molecule is CC/C=C\C/C=C\C/C=C\C/C=C\CCCCCCCCCCCCC(=O)OC(COC(=O)CCCCCCC/C=C\CCCCCCCC)COC(=O)CCCCCCCCCCCCCC/C=C\C/C=C\C/C=C\CCCCCCC. The molecule has 0 aromatic heterocycles. The Morgan fingerprint density at radius 3 is 0.747 bits per heavy atom. The van der Waals surface area contributed by atoms with Gasteiger partial charge in [-0.05, 0) is 122 Å². The van der Waals surface area contributed by atoms with Crippen molar-refractivity contribution < 1.29 is 28.6 Å². The Bertz CT molecular complexity index is 1610. The summed E-state index contributed by atoms with van der Waals surface area (Å²) in [6.45, 7) is 6.54. The second-order valence-corrected chi connectivity index (χ2v) is 23.8. The lowest BCUT2D eigenvalue weighted by molar-refractivity contribution is -0.167. The molecule has 0 spiro atoms. The summed E-state index contributed by atoms with van der Waals surface area (Å²) in [5, 5.41) is 0. The molecule has 0 aliphatic heterocycles. The molecule has 1 atom stereocenters. The molecule has 0 fully saturated rings. The molecule has 83 heavy (non-hydrogen) atoms. The van der Waals surface area contributed by atoms with Gasteiger partial charge in [-0.15, -0.1) is 0 Å². The zero-order valence-corrected chi connectivity index (χ0v) is 54.9. The van der Waals surface area contributed by atoms with Crippen molar-refractivity contribution in [2.75, 3.05) is 13.2 Å². The Morgan fingerprint density at radius 2 is 0.470 bits per heavy atom. The van der Waals surface area contributed by atoms with Crippen molar-refractivity contribution in [2.45, 2.75) is 361 Å². The number of rotatable bonds is 65. The van der Waals surface area contributed by atoms with Gasteiger partial charge in [0.15, 0.2) is 6.10 Å². The number of ether oxygens (including phenoxy) is 3. The van der Waals surface area contributed by atoms with E-state index in [-0.39, 0.29) is 31.1 Å². The van der Waals surface area contributed by atoms with E-state index in [1.165, 1.54) is 212 Å². The average molecular weight is 1160 g/mol. The van der Waals surface area contributed by atoms with Gasteiger partial charge in [0, 0.05) is 19.3 Å². The third kappa shape index (κ3) is 69.0. The second kappa shape index (κ2) is 70.8. The number of carbonyl (C=O) groups is 3. The molecule has 0 heterocycles. The first-order chi connectivity index (χ1) is 41.0. The van der Waals surface area contributed by atoms with Crippen molar-refractivity contribution in [1.29, 1.82) is 0 Å². The van der Waals surface area contributed by atoms with Crippen LogP contribution in [0.3, 0.4) is 0 Å². The number of carbonyl (C=O) groups excluding carboxylic acids is 3. The molecule has 0 aliphatic rings. The van der Waals surface area contributed by atoms with Crippen LogP contribution in [0.15, 0.2) is 97.2 Å². The number of hydrogen-bond acceptors (Lipinski definition) is 6. The van der Waals surface area contributed by atoms with Crippen molar-refractivity contribution in [3.05, 3.63) is 97.2 Å². The van der Waals surface area contributed by atoms with Crippen LogP contribution in [0.25, 0.3) is 0 Å². The van der Waals surface area contributed by atoms with E-state index in [1.807, 2.05) is 0 Å². The Balaban J connectivity index is 4.33. The second-order valence-electron chi connectivity index (χ2n) is 23.8. The lowest BCUT2D eigenvalue weighted by Crippen LogP contribution is -2.30. The summed E-state index contributed by atoms with van der Waals surface area (Å²) in [6, 6.07) is 0. The van der Waals surface area contributed by atoms with Crippen LogP contribution in [0, 0.1) is 0 Å². The summed E-state index contributed by atoms with van der Waals surface area (Å²) in [7, 11) is 0. The summed E-state index contributed by atoms with van der Waals surface area (Å²) in [6.07, 6.45) is 95.7. The highest BCUT2D eigenvalue weighted by atomic mass is 16.6. The van der Waals surface area contributed by atoms with Gasteiger partial charge in [-0.1, -0.05) is 311 Å². The van der Waals surface area contributed by atoms with E-state index in [2.05, 4.69) is 118 Å². The van der Waals surface area contributed by atoms with Gasteiger partial charge >= 0.3 is 17.9 Å². The Morgan fingerprint density at radius 1 is 0.253 bits per heavy atom. The van der Waals surface area contributed by atoms with Gasteiger partial charge in [-0.25, -0.2) is 0 Å². The first-order valence-electron chi connectivity index (χ1n) is 35.7. The van der Waals surface area contributed by atoms with E-state index < -0.39 is 6.10 Å². The van der Waals surface area contributed by atoms with Crippen LogP contribution in [-0.2, 0) is 28.6 Å². The number of hydrogen-bond donors (Lipinski definition) is 0. The molecule has 0 saturated carbocycles. The van der Waals surface area contributed by atoms with E-state index in [1.54, 1.807) is 0 Å². The lowest BCUT2D eigenvalue weighted by Gasteiger charge is -2.18. The monoisotopic (exact) mass is 1160 g/mol. The third-order valence-corrected chi connectivity index (χ3v) is 15.5. The summed E-state index contributed by atoms with van der Waals surface area (Å²) in [5.41, 5.74) is 0. The van der Waals surface area contributed by atoms with Gasteiger partial charge in [0.25, 0.3) is 0 Å². The first kappa shape index (κ1) is 79.3. The maximum Gasteiger partial charge on any atom is 0.306 e. The maximum atomic E-state index is 13.0. The Hall–Kier alpha value is -3.67. The standard InChI is InChI=1S/C77H134O6/c1-4-7-10-13-16-19-22-25-28-30-32-34-36-37-38-39-41-42-44-46-49-52-55-58-61-64-67-70-76(79)82-73-74(72-81-75(78)69-66-63-60-57-54-51-48-27-24-21-18-15-12-9-6-3)83-77(80)71-68-65-62-59-56-53-50-47-45-43-40-35-33-31-29-26-23-20-17-14-11-8-5-2/h8,11,17,20,22,25-27,29-30,32-33,35-37,48,74H,4-7,9-10,12-16,18-19,21,23-24,28,31,34,38-47,49-73H2,1-3H3/b11-8-,20-17-,25-22-,29-26-,32-30-,35-33-,37-36-,48-27-. The van der Waals surface area contributed by atoms with Crippen LogP contribution in [-0.4, -0.2) is 37.2 Å². The smallest absolute Gasteiger partial charge is 0.306 e. The van der Waals surface area contributed by atoms with E-state index >= 15 is 0 Å². The molecule has 0 N–H and O–H groups in total. The number of allylic oxidation sites excluding steroid dienone is 16. The minimum Gasteiger partial charge on any atom is -0.462 e. The predicted molar refractivity (Wildman–Crippen MR) is 362 cm³/mol. The highest BCUT2D eigenvalue weighted by molar-refractivity contribution is 5.71. The summed E-state index contributed by atoms with van der Waals surface area (Å²) in [5.74, 6) is -0.879. The van der Waals surface area contributed by atoms with Crippen LogP contribution in [0.4, 0.5) is 0 Å². The van der Waals surface area contributed by atoms with Crippen molar-refractivity contribution >= 4 is 17.9 Å². The number of unbranched alkanes of at least 4 members (excludes halogenated alkanes) is 38. The van der Waals surface area contributed by atoms with Gasteiger partial charge in [0.1, 0.15) is 13.2 Å². The fraction of sp³-hybridized carbons (Fsp3) is 0.753. The summed E-state index contributed by atoms with van der Waals surface area (Å²) in [4.78, 5) is 38.5. The van der Waals surface area contributed by atoms with Crippen LogP contribution in [0.1, 0.15) is 355 Å². The topological polar surface area (TPSA) is 78.9 Å². The van der Waals surface area contributed by atoms with Crippen molar-refractivity contribution in [1.82, 2.24) is 0 Å². The molecule has 0 aliphatic carbocycles. The largest absolute Gasteiger partial charge is 0.462 e. The molecule has 0 bridgehead atoms.